The van der Waals surface area contributed by atoms with Gasteiger partial charge in [0.25, 0.3) is 0 Å². The summed E-state index contributed by atoms with van der Waals surface area (Å²) in [5.41, 5.74) is 1.05. The zero-order valence-corrected chi connectivity index (χ0v) is 13.3. The predicted molar refractivity (Wildman–Crippen MR) is 86.1 cm³/mol. The molecule has 4 nitrogen and oxygen atoms in total. The number of amides is 1. The largest absolute Gasteiger partial charge is 0.350 e. The molecule has 1 aliphatic heterocycles. The van der Waals surface area contributed by atoms with Gasteiger partial charge < -0.3 is 10.6 Å². The number of rotatable bonds is 5. The average molecular weight is 289 g/mol. The minimum Gasteiger partial charge on any atom is -0.350 e. The Morgan fingerprint density at radius 2 is 2.14 bits per heavy atom. The van der Waals surface area contributed by atoms with Crippen LogP contribution in [-0.2, 0) is 4.79 Å². The molecule has 3 atom stereocenters. The molecule has 21 heavy (non-hydrogen) atoms. The summed E-state index contributed by atoms with van der Waals surface area (Å²) in [6.07, 6.45) is 2.17. The molecule has 1 heterocycles. The third-order valence-corrected chi connectivity index (χ3v) is 4.39. The van der Waals surface area contributed by atoms with Gasteiger partial charge in [-0.05, 0) is 45.5 Å². The summed E-state index contributed by atoms with van der Waals surface area (Å²) in [5.74, 6) is 0.103. The van der Waals surface area contributed by atoms with Crippen LogP contribution in [0.5, 0.6) is 0 Å². The van der Waals surface area contributed by atoms with E-state index >= 15 is 0 Å². The van der Waals surface area contributed by atoms with Crippen LogP contribution in [0.3, 0.4) is 0 Å². The molecule has 4 heteroatoms. The number of carbonyl (C=O) groups excluding carboxylic acids is 1. The Morgan fingerprint density at radius 3 is 2.76 bits per heavy atom. The van der Waals surface area contributed by atoms with Crippen molar-refractivity contribution in [1.82, 2.24) is 15.5 Å². The van der Waals surface area contributed by atoms with Crippen molar-refractivity contribution < 1.29 is 4.79 Å². The van der Waals surface area contributed by atoms with Crippen LogP contribution in [0.15, 0.2) is 30.3 Å². The number of nitrogens with zero attached hydrogens (tertiary/aromatic N) is 1. The fourth-order valence-corrected chi connectivity index (χ4v) is 2.93. The van der Waals surface area contributed by atoms with Crippen molar-refractivity contribution in [3.8, 4) is 0 Å². The number of likely N-dealkylation sites (N-methyl/N-ethyl adjacent to an activating group) is 1. The molecule has 1 amide bonds. The van der Waals surface area contributed by atoms with Crippen molar-refractivity contribution in [2.75, 3.05) is 20.1 Å². The molecular weight excluding hydrogens is 262 g/mol. The first-order valence-electron chi connectivity index (χ1n) is 7.92. The summed E-state index contributed by atoms with van der Waals surface area (Å²) in [6, 6.07) is 10.4. The molecule has 0 spiro atoms. The molecule has 0 aromatic heterocycles. The highest BCUT2D eigenvalue weighted by molar-refractivity contribution is 5.83. The van der Waals surface area contributed by atoms with Crippen LogP contribution in [0, 0.1) is 0 Å². The zero-order chi connectivity index (χ0) is 15.2. The van der Waals surface area contributed by atoms with Gasteiger partial charge in [0.1, 0.15) is 6.04 Å². The SMILES string of the molecule is CCN(C)C(C(=O)NC1CCCNC1C)c1ccccc1. The second-order valence-electron chi connectivity index (χ2n) is 5.89. The van der Waals surface area contributed by atoms with Gasteiger partial charge in [-0.2, -0.15) is 0 Å². The van der Waals surface area contributed by atoms with E-state index < -0.39 is 0 Å². The molecule has 1 aliphatic rings. The maximum Gasteiger partial charge on any atom is 0.242 e. The molecule has 116 valence electrons. The average Bonchev–Trinajstić information content (AvgIpc) is 2.50. The van der Waals surface area contributed by atoms with Crippen LogP contribution >= 0.6 is 0 Å². The summed E-state index contributed by atoms with van der Waals surface area (Å²) >= 11 is 0. The standard InChI is InChI=1S/C17H27N3O/c1-4-20(3)16(14-9-6-5-7-10-14)17(21)19-15-11-8-12-18-13(15)2/h5-7,9-10,13,15-16,18H,4,8,11-12H2,1-3H3,(H,19,21). The minimum atomic E-state index is -0.217. The van der Waals surface area contributed by atoms with Gasteiger partial charge in [0.15, 0.2) is 0 Å². The molecule has 1 fully saturated rings. The van der Waals surface area contributed by atoms with Gasteiger partial charge in [-0.25, -0.2) is 0 Å². The first-order chi connectivity index (χ1) is 10.1. The Morgan fingerprint density at radius 1 is 1.43 bits per heavy atom. The fourth-order valence-electron chi connectivity index (χ4n) is 2.93. The van der Waals surface area contributed by atoms with E-state index in [4.69, 9.17) is 0 Å². The lowest BCUT2D eigenvalue weighted by molar-refractivity contribution is -0.127. The van der Waals surface area contributed by atoms with Crippen LogP contribution < -0.4 is 10.6 Å². The van der Waals surface area contributed by atoms with Crippen molar-refractivity contribution in [1.29, 1.82) is 0 Å². The van der Waals surface area contributed by atoms with Crippen molar-refractivity contribution >= 4 is 5.91 Å². The van der Waals surface area contributed by atoms with Gasteiger partial charge in [0.05, 0.1) is 0 Å². The van der Waals surface area contributed by atoms with E-state index in [0.29, 0.717) is 6.04 Å². The molecule has 1 aromatic rings. The van der Waals surface area contributed by atoms with Crippen molar-refractivity contribution in [3.05, 3.63) is 35.9 Å². The molecule has 2 N–H and O–H groups in total. The molecule has 0 aliphatic carbocycles. The molecule has 0 saturated carbocycles. The van der Waals surface area contributed by atoms with Gasteiger partial charge in [-0.15, -0.1) is 0 Å². The number of hydrogen-bond acceptors (Lipinski definition) is 3. The third-order valence-electron chi connectivity index (χ3n) is 4.39. The minimum absolute atomic E-state index is 0.103. The van der Waals surface area contributed by atoms with Crippen LogP contribution in [-0.4, -0.2) is 43.0 Å². The zero-order valence-electron chi connectivity index (χ0n) is 13.3. The van der Waals surface area contributed by atoms with Crippen molar-refractivity contribution in [3.63, 3.8) is 0 Å². The molecular formula is C17H27N3O. The molecule has 1 aromatic carbocycles. The van der Waals surface area contributed by atoms with E-state index in [2.05, 4.69) is 29.4 Å². The van der Waals surface area contributed by atoms with Crippen LogP contribution in [0.4, 0.5) is 0 Å². The van der Waals surface area contributed by atoms with E-state index in [9.17, 15) is 4.79 Å². The lowest BCUT2D eigenvalue weighted by Crippen LogP contribution is -2.54. The van der Waals surface area contributed by atoms with Crippen molar-refractivity contribution in [2.45, 2.75) is 44.8 Å². The van der Waals surface area contributed by atoms with E-state index in [0.717, 1.165) is 31.5 Å². The van der Waals surface area contributed by atoms with E-state index in [1.54, 1.807) is 0 Å². The number of piperidine rings is 1. The van der Waals surface area contributed by atoms with Crippen LogP contribution in [0.25, 0.3) is 0 Å². The Labute approximate surface area is 127 Å². The van der Waals surface area contributed by atoms with E-state index in [-0.39, 0.29) is 18.0 Å². The smallest absolute Gasteiger partial charge is 0.242 e. The Kier molecular flexibility index (Phi) is 5.76. The Bertz CT molecular complexity index is 449. The monoisotopic (exact) mass is 289 g/mol. The van der Waals surface area contributed by atoms with E-state index in [1.807, 2.05) is 37.4 Å². The normalized spacial score (nSPS) is 23.8. The third kappa shape index (κ3) is 4.05. The van der Waals surface area contributed by atoms with Gasteiger partial charge in [-0.1, -0.05) is 37.3 Å². The first-order valence-corrected chi connectivity index (χ1v) is 7.92. The Balaban J connectivity index is 2.11. The number of benzene rings is 1. The fraction of sp³-hybridized carbons (Fsp3) is 0.588. The quantitative estimate of drug-likeness (QED) is 0.870. The summed E-state index contributed by atoms with van der Waals surface area (Å²) in [7, 11) is 2.00. The first kappa shape index (κ1) is 16.0. The van der Waals surface area contributed by atoms with Gasteiger partial charge in [0, 0.05) is 12.1 Å². The highest BCUT2D eigenvalue weighted by Crippen LogP contribution is 2.20. The summed E-state index contributed by atoms with van der Waals surface area (Å²) in [4.78, 5) is 14.9. The summed E-state index contributed by atoms with van der Waals surface area (Å²) in [6.45, 7) is 6.11. The van der Waals surface area contributed by atoms with E-state index in [1.165, 1.54) is 0 Å². The molecule has 3 unspecified atom stereocenters. The highest BCUT2D eigenvalue weighted by Gasteiger charge is 2.29. The maximum absolute atomic E-state index is 12.8. The molecule has 0 bridgehead atoms. The predicted octanol–water partition coefficient (Wildman–Crippen LogP) is 1.94. The van der Waals surface area contributed by atoms with Gasteiger partial charge in [-0.3, -0.25) is 9.69 Å². The lowest BCUT2D eigenvalue weighted by atomic mass is 9.98. The Hall–Kier alpha value is -1.39. The number of hydrogen-bond donors (Lipinski definition) is 2. The highest BCUT2D eigenvalue weighted by atomic mass is 16.2. The molecule has 2 rings (SSSR count). The van der Waals surface area contributed by atoms with Gasteiger partial charge >= 0.3 is 0 Å². The molecule has 1 saturated heterocycles. The van der Waals surface area contributed by atoms with Gasteiger partial charge in [0.2, 0.25) is 5.91 Å². The summed E-state index contributed by atoms with van der Waals surface area (Å²) in [5, 5.41) is 6.67. The number of carbonyl (C=O) groups is 1. The second kappa shape index (κ2) is 7.57. The number of nitrogens with one attached hydrogen (secondary N) is 2. The maximum atomic E-state index is 12.8. The topological polar surface area (TPSA) is 44.4 Å². The van der Waals surface area contributed by atoms with Crippen molar-refractivity contribution in [2.24, 2.45) is 0 Å². The van der Waals surface area contributed by atoms with Crippen LogP contribution in [0.1, 0.15) is 38.3 Å². The van der Waals surface area contributed by atoms with Crippen LogP contribution in [0.2, 0.25) is 0 Å². The summed E-state index contributed by atoms with van der Waals surface area (Å²) < 4.78 is 0. The second-order valence-corrected chi connectivity index (χ2v) is 5.89. The lowest BCUT2D eigenvalue weighted by Gasteiger charge is -2.33. The molecule has 0 radical (unpaired) electrons.